The lowest BCUT2D eigenvalue weighted by atomic mass is 9.98. The molecule has 112 valence electrons. The topological polar surface area (TPSA) is 47.3 Å². The summed E-state index contributed by atoms with van der Waals surface area (Å²) in [6.07, 6.45) is 6.64. The van der Waals surface area contributed by atoms with E-state index in [1.807, 2.05) is 38.2 Å². The number of nitrogens with zero attached hydrogens (tertiary/aromatic N) is 1. The van der Waals surface area contributed by atoms with Crippen molar-refractivity contribution in [3.8, 4) is 17.1 Å². The minimum Gasteiger partial charge on any atom is -0.490 e. The fourth-order valence-corrected chi connectivity index (χ4v) is 2.92. The van der Waals surface area contributed by atoms with Crippen LogP contribution in [-0.2, 0) is 0 Å². The molecule has 1 aromatic heterocycles. The van der Waals surface area contributed by atoms with Crippen molar-refractivity contribution in [3.05, 3.63) is 30.0 Å². The highest BCUT2D eigenvalue weighted by molar-refractivity contribution is 5.74. The van der Waals surface area contributed by atoms with Gasteiger partial charge in [-0.3, -0.25) is 0 Å². The van der Waals surface area contributed by atoms with Gasteiger partial charge in [-0.1, -0.05) is 11.6 Å². The Morgan fingerprint density at radius 2 is 1.86 bits per heavy atom. The lowest BCUT2D eigenvalue weighted by Gasteiger charge is -2.23. The highest BCUT2D eigenvalue weighted by Crippen LogP contribution is 2.32. The molecule has 1 saturated carbocycles. The van der Waals surface area contributed by atoms with Gasteiger partial charge in [-0.05, 0) is 56.9 Å². The molecule has 0 radical (unpaired) electrons. The van der Waals surface area contributed by atoms with Crippen LogP contribution in [0, 0.1) is 6.92 Å². The van der Waals surface area contributed by atoms with E-state index >= 15 is 0 Å². The minimum atomic E-state index is 0.380. The van der Waals surface area contributed by atoms with Crippen LogP contribution in [0.25, 0.3) is 11.3 Å². The molecule has 2 aromatic rings. The zero-order chi connectivity index (χ0) is 14.7. The van der Waals surface area contributed by atoms with Gasteiger partial charge in [0.1, 0.15) is 17.1 Å². The molecule has 1 heterocycles. The Labute approximate surface area is 125 Å². The second-order valence-electron chi connectivity index (χ2n) is 5.62. The van der Waals surface area contributed by atoms with Gasteiger partial charge in [0.25, 0.3) is 0 Å². The number of aryl methyl sites for hydroxylation is 1. The van der Waals surface area contributed by atoms with Gasteiger partial charge in [-0.2, -0.15) is 0 Å². The van der Waals surface area contributed by atoms with Gasteiger partial charge in [-0.15, -0.1) is 0 Å². The van der Waals surface area contributed by atoms with E-state index in [-0.39, 0.29) is 0 Å². The lowest BCUT2D eigenvalue weighted by molar-refractivity contribution is 0.155. The summed E-state index contributed by atoms with van der Waals surface area (Å²) in [5.41, 5.74) is 2.82. The first-order chi connectivity index (χ1) is 10.3. The van der Waals surface area contributed by atoms with Crippen molar-refractivity contribution in [1.29, 1.82) is 0 Å². The number of rotatable bonds is 4. The van der Waals surface area contributed by atoms with Crippen molar-refractivity contribution in [2.45, 2.75) is 45.1 Å². The quantitative estimate of drug-likeness (QED) is 0.904. The molecule has 1 aromatic carbocycles. The van der Waals surface area contributed by atoms with Crippen molar-refractivity contribution < 1.29 is 9.26 Å². The van der Waals surface area contributed by atoms with Crippen LogP contribution >= 0.6 is 0 Å². The summed E-state index contributed by atoms with van der Waals surface area (Å²) in [5, 5.41) is 7.15. The molecule has 1 fully saturated rings. The molecule has 0 atom stereocenters. The second-order valence-corrected chi connectivity index (χ2v) is 5.62. The molecule has 21 heavy (non-hydrogen) atoms. The number of hydrogen-bond donors (Lipinski definition) is 1. The number of aromatic nitrogens is 1. The van der Waals surface area contributed by atoms with Gasteiger partial charge in [0, 0.05) is 12.6 Å². The minimum absolute atomic E-state index is 0.380. The van der Waals surface area contributed by atoms with E-state index in [1.165, 1.54) is 32.1 Å². The van der Waals surface area contributed by atoms with Gasteiger partial charge in [0.15, 0.2) is 5.76 Å². The Balaban J connectivity index is 1.74. The summed E-state index contributed by atoms with van der Waals surface area (Å²) in [6, 6.07) is 8.08. The Morgan fingerprint density at radius 3 is 2.52 bits per heavy atom. The molecule has 1 N–H and O–H groups in total. The SMILES string of the molecule is CNc1c(C)noc1-c1ccc(OC2CCCCC2)cc1. The Hall–Kier alpha value is -1.97. The molecule has 0 bridgehead atoms. The van der Waals surface area contributed by atoms with Gasteiger partial charge < -0.3 is 14.6 Å². The summed E-state index contributed by atoms with van der Waals surface area (Å²) in [5.74, 6) is 1.71. The smallest absolute Gasteiger partial charge is 0.190 e. The first kappa shape index (κ1) is 14.0. The molecule has 4 heteroatoms. The molecule has 0 unspecified atom stereocenters. The van der Waals surface area contributed by atoms with Crippen LogP contribution in [0.3, 0.4) is 0 Å². The van der Waals surface area contributed by atoms with Crippen molar-refractivity contribution >= 4 is 5.69 Å². The first-order valence-electron chi connectivity index (χ1n) is 7.69. The van der Waals surface area contributed by atoms with Gasteiger partial charge >= 0.3 is 0 Å². The maximum atomic E-state index is 6.05. The molecule has 0 spiro atoms. The van der Waals surface area contributed by atoms with Crippen molar-refractivity contribution in [2.24, 2.45) is 0 Å². The van der Waals surface area contributed by atoms with E-state index in [4.69, 9.17) is 9.26 Å². The Bertz CT molecular complexity index is 583. The summed E-state index contributed by atoms with van der Waals surface area (Å²) in [4.78, 5) is 0. The third-order valence-corrected chi connectivity index (χ3v) is 4.08. The van der Waals surface area contributed by atoms with Crippen molar-refractivity contribution in [3.63, 3.8) is 0 Å². The fourth-order valence-electron chi connectivity index (χ4n) is 2.92. The highest BCUT2D eigenvalue weighted by atomic mass is 16.5. The van der Waals surface area contributed by atoms with E-state index in [1.54, 1.807) is 0 Å². The van der Waals surface area contributed by atoms with Crippen LogP contribution in [0.2, 0.25) is 0 Å². The summed E-state index contributed by atoms with van der Waals surface area (Å²) in [7, 11) is 1.88. The predicted molar refractivity (Wildman–Crippen MR) is 83.7 cm³/mol. The molecule has 0 amide bonds. The van der Waals surface area contributed by atoms with Crippen LogP contribution < -0.4 is 10.1 Å². The zero-order valence-electron chi connectivity index (χ0n) is 12.7. The zero-order valence-corrected chi connectivity index (χ0v) is 12.7. The van der Waals surface area contributed by atoms with E-state index in [0.29, 0.717) is 6.10 Å². The third-order valence-electron chi connectivity index (χ3n) is 4.08. The van der Waals surface area contributed by atoms with Gasteiger partial charge in [-0.25, -0.2) is 0 Å². The maximum Gasteiger partial charge on any atom is 0.190 e. The number of nitrogens with one attached hydrogen (secondary N) is 1. The van der Waals surface area contributed by atoms with Crippen LogP contribution in [-0.4, -0.2) is 18.3 Å². The van der Waals surface area contributed by atoms with Gasteiger partial charge in [0.05, 0.1) is 6.10 Å². The average molecular weight is 286 g/mol. The van der Waals surface area contributed by atoms with Crippen LogP contribution in [0.4, 0.5) is 5.69 Å². The van der Waals surface area contributed by atoms with E-state index in [2.05, 4.69) is 10.5 Å². The summed E-state index contributed by atoms with van der Waals surface area (Å²) >= 11 is 0. The highest BCUT2D eigenvalue weighted by Gasteiger charge is 2.16. The standard InChI is InChI=1S/C17H22N2O2/c1-12-16(18-2)17(21-19-12)13-8-10-15(11-9-13)20-14-6-4-3-5-7-14/h8-11,14,18H,3-7H2,1-2H3. The number of hydrogen-bond acceptors (Lipinski definition) is 4. The number of anilines is 1. The summed E-state index contributed by atoms with van der Waals surface area (Å²) in [6.45, 7) is 1.93. The molecule has 0 aliphatic heterocycles. The normalized spacial score (nSPS) is 15.9. The molecule has 1 aliphatic carbocycles. The fraction of sp³-hybridized carbons (Fsp3) is 0.471. The Kier molecular flexibility index (Phi) is 4.13. The van der Waals surface area contributed by atoms with Crippen molar-refractivity contribution in [1.82, 2.24) is 5.16 Å². The molecule has 3 rings (SSSR count). The average Bonchev–Trinajstić information content (AvgIpc) is 2.90. The third kappa shape index (κ3) is 3.04. The monoisotopic (exact) mass is 286 g/mol. The molecule has 0 saturated heterocycles. The van der Waals surface area contributed by atoms with Crippen molar-refractivity contribution in [2.75, 3.05) is 12.4 Å². The van der Waals surface area contributed by atoms with Gasteiger partial charge in [0.2, 0.25) is 0 Å². The van der Waals surface area contributed by atoms with Crippen LogP contribution in [0.5, 0.6) is 5.75 Å². The van der Waals surface area contributed by atoms with E-state index < -0.39 is 0 Å². The molecule has 1 aliphatic rings. The molecular weight excluding hydrogens is 264 g/mol. The van der Waals surface area contributed by atoms with Crippen LogP contribution in [0.1, 0.15) is 37.8 Å². The molecular formula is C17H22N2O2. The Morgan fingerprint density at radius 1 is 1.14 bits per heavy atom. The maximum absolute atomic E-state index is 6.05. The number of ether oxygens (including phenoxy) is 1. The number of benzene rings is 1. The predicted octanol–water partition coefficient (Wildman–Crippen LogP) is 4.40. The second kappa shape index (κ2) is 6.20. The molecule has 4 nitrogen and oxygen atoms in total. The largest absolute Gasteiger partial charge is 0.490 e. The lowest BCUT2D eigenvalue weighted by Crippen LogP contribution is -2.19. The first-order valence-corrected chi connectivity index (χ1v) is 7.69. The van der Waals surface area contributed by atoms with E-state index in [9.17, 15) is 0 Å². The summed E-state index contributed by atoms with van der Waals surface area (Å²) < 4.78 is 11.5. The van der Waals surface area contributed by atoms with E-state index in [0.717, 1.165) is 28.5 Å². The van der Waals surface area contributed by atoms with Crippen LogP contribution in [0.15, 0.2) is 28.8 Å².